The minimum atomic E-state index is -0.582. The van der Waals surface area contributed by atoms with Crippen molar-refractivity contribution in [2.45, 2.75) is 0 Å². The number of halogens is 1. The third kappa shape index (κ3) is 4.19. The zero-order valence-corrected chi connectivity index (χ0v) is 14.6. The van der Waals surface area contributed by atoms with E-state index < -0.39 is 16.7 Å². The number of nitro benzene ring substituents is 1. The number of benzene rings is 2. The second-order valence-electron chi connectivity index (χ2n) is 4.56. The molecule has 0 aliphatic carbocycles. The summed E-state index contributed by atoms with van der Waals surface area (Å²) in [7, 11) is 1.53. The Morgan fingerprint density at radius 3 is 2.08 bits per heavy atom. The maximum absolute atomic E-state index is 12.0. The molecule has 124 valence electrons. The number of ether oxygens (including phenoxy) is 1. The molecular formula is C15H12IN3O5. The molecular weight excluding hydrogens is 429 g/mol. The van der Waals surface area contributed by atoms with Gasteiger partial charge < -0.3 is 4.74 Å². The molecule has 2 aromatic carbocycles. The molecule has 0 aliphatic heterocycles. The van der Waals surface area contributed by atoms with E-state index >= 15 is 0 Å². The van der Waals surface area contributed by atoms with Gasteiger partial charge in [-0.1, -0.05) is 0 Å². The summed E-state index contributed by atoms with van der Waals surface area (Å²) in [6, 6.07) is 9.85. The SMILES string of the molecule is COc1ccc(C(=O)NNC(=O)c2ccc([N+](=O)[O-])cc2)cc1I. The van der Waals surface area contributed by atoms with Crippen LogP contribution in [-0.4, -0.2) is 23.8 Å². The maximum Gasteiger partial charge on any atom is 0.269 e. The number of hydrazine groups is 1. The van der Waals surface area contributed by atoms with Gasteiger partial charge >= 0.3 is 0 Å². The molecule has 0 atom stereocenters. The standard InChI is InChI=1S/C15H12IN3O5/c1-24-13-7-4-10(8-12(13)16)15(21)18-17-14(20)9-2-5-11(6-3-9)19(22)23/h2-8H,1H3,(H,17,20)(H,18,21). The highest BCUT2D eigenvalue weighted by Crippen LogP contribution is 2.21. The Morgan fingerprint density at radius 2 is 1.58 bits per heavy atom. The molecule has 8 nitrogen and oxygen atoms in total. The van der Waals surface area contributed by atoms with Crippen LogP contribution in [0, 0.1) is 13.7 Å². The second kappa shape index (κ2) is 7.73. The average molecular weight is 441 g/mol. The summed E-state index contributed by atoms with van der Waals surface area (Å²) in [4.78, 5) is 33.9. The second-order valence-corrected chi connectivity index (χ2v) is 5.72. The van der Waals surface area contributed by atoms with Gasteiger partial charge in [-0.15, -0.1) is 0 Å². The van der Waals surface area contributed by atoms with Crippen molar-refractivity contribution in [3.8, 4) is 5.75 Å². The van der Waals surface area contributed by atoms with E-state index in [1.165, 1.54) is 31.4 Å². The van der Waals surface area contributed by atoms with E-state index in [9.17, 15) is 19.7 Å². The minimum absolute atomic E-state index is 0.122. The van der Waals surface area contributed by atoms with Gasteiger partial charge in [0.05, 0.1) is 15.6 Å². The van der Waals surface area contributed by atoms with Crippen LogP contribution in [-0.2, 0) is 0 Å². The Labute approximate surface area is 150 Å². The smallest absolute Gasteiger partial charge is 0.269 e. The van der Waals surface area contributed by atoms with E-state index in [1.807, 2.05) is 22.6 Å². The van der Waals surface area contributed by atoms with Gasteiger partial charge in [-0.2, -0.15) is 0 Å². The number of nitrogens with one attached hydrogen (secondary N) is 2. The molecule has 9 heteroatoms. The predicted molar refractivity (Wildman–Crippen MR) is 93.7 cm³/mol. The van der Waals surface area contributed by atoms with Crippen LogP contribution < -0.4 is 15.6 Å². The number of non-ortho nitro benzene ring substituents is 1. The van der Waals surface area contributed by atoms with Crippen LogP contribution in [0.2, 0.25) is 0 Å². The van der Waals surface area contributed by atoms with Crippen molar-refractivity contribution in [2.24, 2.45) is 0 Å². The molecule has 0 saturated heterocycles. The molecule has 0 unspecified atom stereocenters. The quantitative estimate of drug-likeness (QED) is 0.430. The Hall–Kier alpha value is -2.69. The summed E-state index contributed by atoms with van der Waals surface area (Å²) in [6.45, 7) is 0. The van der Waals surface area contributed by atoms with Crippen LogP contribution in [0.4, 0.5) is 5.69 Å². The number of nitrogens with zero attached hydrogens (tertiary/aromatic N) is 1. The number of methoxy groups -OCH3 is 1. The van der Waals surface area contributed by atoms with Gasteiger partial charge in [-0.25, -0.2) is 0 Å². The van der Waals surface area contributed by atoms with E-state index in [-0.39, 0.29) is 11.3 Å². The van der Waals surface area contributed by atoms with Crippen LogP contribution in [0.3, 0.4) is 0 Å². The molecule has 2 N–H and O–H groups in total. The summed E-state index contributed by atoms with van der Waals surface area (Å²) in [6.07, 6.45) is 0. The van der Waals surface area contributed by atoms with Gasteiger partial charge in [0.15, 0.2) is 0 Å². The molecule has 0 radical (unpaired) electrons. The highest BCUT2D eigenvalue weighted by atomic mass is 127. The molecule has 2 rings (SSSR count). The molecule has 0 bridgehead atoms. The monoisotopic (exact) mass is 441 g/mol. The van der Waals surface area contributed by atoms with Crippen LogP contribution in [0.25, 0.3) is 0 Å². The van der Waals surface area contributed by atoms with Crippen molar-refractivity contribution in [1.29, 1.82) is 0 Å². The van der Waals surface area contributed by atoms with Crippen LogP contribution in [0.1, 0.15) is 20.7 Å². The summed E-state index contributed by atoms with van der Waals surface area (Å²) in [5.74, 6) is -0.436. The van der Waals surface area contributed by atoms with E-state index in [1.54, 1.807) is 18.2 Å². The first-order chi connectivity index (χ1) is 11.4. The lowest BCUT2D eigenvalue weighted by atomic mass is 10.2. The van der Waals surface area contributed by atoms with E-state index in [0.29, 0.717) is 11.3 Å². The molecule has 0 heterocycles. The fourth-order valence-electron chi connectivity index (χ4n) is 1.80. The number of carbonyl (C=O) groups excluding carboxylic acids is 2. The zero-order chi connectivity index (χ0) is 17.7. The van der Waals surface area contributed by atoms with Crippen LogP contribution in [0.5, 0.6) is 5.75 Å². The highest BCUT2D eigenvalue weighted by molar-refractivity contribution is 14.1. The first-order valence-corrected chi connectivity index (χ1v) is 7.69. The molecule has 0 saturated carbocycles. The first kappa shape index (κ1) is 17.7. The molecule has 24 heavy (non-hydrogen) atoms. The van der Waals surface area contributed by atoms with Crippen molar-refractivity contribution in [3.05, 3.63) is 67.3 Å². The third-order valence-corrected chi connectivity index (χ3v) is 3.89. The Kier molecular flexibility index (Phi) is 5.68. The average Bonchev–Trinajstić information content (AvgIpc) is 2.59. The molecule has 0 aromatic heterocycles. The van der Waals surface area contributed by atoms with Crippen molar-refractivity contribution in [3.63, 3.8) is 0 Å². The van der Waals surface area contributed by atoms with E-state index in [2.05, 4.69) is 10.9 Å². The van der Waals surface area contributed by atoms with Crippen molar-refractivity contribution in [1.82, 2.24) is 10.9 Å². The van der Waals surface area contributed by atoms with E-state index in [0.717, 1.165) is 3.57 Å². The van der Waals surface area contributed by atoms with Gasteiger partial charge in [-0.3, -0.25) is 30.6 Å². The highest BCUT2D eigenvalue weighted by Gasteiger charge is 2.12. The lowest BCUT2D eigenvalue weighted by molar-refractivity contribution is -0.384. The fourth-order valence-corrected chi connectivity index (χ4v) is 2.54. The number of nitro groups is 1. The van der Waals surface area contributed by atoms with Gasteiger partial charge in [0, 0.05) is 23.3 Å². The summed E-state index contributed by atoms with van der Waals surface area (Å²) >= 11 is 2.03. The molecule has 0 spiro atoms. The lowest BCUT2D eigenvalue weighted by Gasteiger charge is -2.09. The number of hydrogen-bond donors (Lipinski definition) is 2. The largest absolute Gasteiger partial charge is 0.496 e. The molecule has 2 amide bonds. The Balaban J connectivity index is 1.99. The van der Waals surface area contributed by atoms with Gasteiger partial charge in [0.25, 0.3) is 17.5 Å². The summed E-state index contributed by atoms with van der Waals surface area (Å²) in [5, 5.41) is 10.6. The predicted octanol–water partition coefficient (Wildman–Crippen LogP) is 2.28. The zero-order valence-electron chi connectivity index (χ0n) is 12.4. The van der Waals surface area contributed by atoms with Crippen molar-refractivity contribution < 1.29 is 19.2 Å². The van der Waals surface area contributed by atoms with Gasteiger partial charge in [0.1, 0.15) is 5.75 Å². The minimum Gasteiger partial charge on any atom is -0.496 e. The van der Waals surface area contributed by atoms with Crippen LogP contribution >= 0.6 is 22.6 Å². The first-order valence-electron chi connectivity index (χ1n) is 6.61. The number of rotatable bonds is 4. The van der Waals surface area contributed by atoms with Crippen molar-refractivity contribution in [2.75, 3.05) is 7.11 Å². The normalized spacial score (nSPS) is 9.92. The lowest BCUT2D eigenvalue weighted by Crippen LogP contribution is -2.41. The molecule has 0 aliphatic rings. The van der Waals surface area contributed by atoms with E-state index in [4.69, 9.17) is 4.74 Å². The number of hydrogen-bond acceptors (Lipinski definition) is 5. The topological polar surface area (TPSA) is 111 Å². The fraction of sp³-hybridized carbons (Fsp3) is 0.0667. The number of carbonyl (C=O) groups is 2. The van der Waals surface area contributed by atoms with Crippen molar-refractivity contribution >= 4 is 40.1 Å². The molecule has 0 fully saturated rings. The van der Waals surface area contributed by atoms with Gasteiger partial charge in [-0.05, 0) is 52.9 Å². The Bertz CT molecular complexity index is 792. The Morgan fingerprint density at radius 1 is 1.04 bits per heavy atom. The molecule has 2 aromatic rings. The third-order valence-electron chi connectivity index (χ3n) is 3.04. The summed E-state index contributed by atoms with van der Waals surface area (Å²) < 4.78 is 5.86. The maximum atomic E-state index is 12.0. The van der Waals surface area contributed by atoms with Gasteiger partial charge in [0.2, 0.25) is 0 Å². The number of amides is 2. The van der Waals surface area contributed by atoms with Crippen LogP contribution in [0.15, 0.2) is 42.5 Å². The summed E-state index contributed by atoms with van der Waals surface area (Å²) in [5.41, 5.74) is 4.95.